The molecule has 0 saturated carbocycles. The molecule has 2 aromatic heterocycles. The van der Waals surface area contributed by atoms with Crippen molar-refractivity contribution in [2.24, 2.45) is 11.7 Å². The van der Waals surface area contributed by atoms with Gasteiger partial charge in [0.25, 0.3) is 5.91 Å². The van der Waals surface area contributed by atoms with Crippen molar-refractivity contribution in [3.05, 3.63) is 100 Å². The summed E-state index contributed by atoms with van der Waals surface area (Å²) in [4.78, 5) is 48.4. The van der Waals surface area contributed by atoms with Crippen molar-refractivity contribution in [3.63, 3.8) is 0 Å². The summed E-state index contributed by atoms with van der Waals surface area (Å²) in [7, 11) is 6.40. The van der Waals surface area contributed by atoms with Crippen molar-refractivity contribution in [2.45, 2.75) is 37.8 Å². The molecule has 4 bridgehead atoms. The highest BCUT2D eigenvalue weighted by Crippen LogP contribution is 2.50. The molecular weight excluding hydrogens is 611 g/mol. The van der Waals surface area contributed by atoms with Crippen LogP contribution in [0.25, 0.3) is 10.9 Å². The number of phenols is 2. The van der Waals surface area contributed by atoms with Crippen LogP contribution in [0.1, 0.15) is 69.1 Å². The lowest BCUT2D eigenvalue weighted by Crippen LogP contribution is -2.45. The topological polar surface area (TPSA) is 196 Å². The van der Waals surface area contributed by atoms with Gasteiger partial charge in [-0.15, -0.1) is 0 Å². The lowest BCUT2D eigenvalue weighted by molar-refractivity contribution is -0.123. The molecule has 2 unspecified atom stereocenters. The summed E-state index contributed by atoms with van der Waals surface area (Å²) in [5.74, 6) is -1.67. The average molecular weight is 644 g/mol. The standard InChI is InChI=1S/C35H33BN6O6/c1-16(2)27-34-42-30(33(47)39-14-26(45)19-13-38-28-18(19)5-3-8-25(28)44)31(48-34)35(15-40-29-20(35)6-4-7-22(29)36)21-11-17(9-10-24(21)43)12-23(37)32(46)41-27/h3-11,13,16,23,27,38,40,43-44H,12,14-15,37H2,1-2H3,(H,39,47)(H,41,46)/t23-,27?,35?/m0/s1. The molecule has 0 saturated heterocycles. The fourth-order valence-corrected chi connectivity index (χ4v) is 6.80. The summed E-state index contributed by atoms with van der Waals surface area (Å²) >= 11 is 0. The van der Waals surface area contributed by atoms with Gasteiger partial charge in [-0.1, -0.05) is 61.8 Å². The zero-order chi connectivity index (χ0) is 33.9. The van der Waals surface area contributed by atoms with Crippen molar-refractivity contribution in [3.8, 4) is 11.5 Å². The maximum absolute atomic E-state index is 14.2. The van der Waals surface area contributed by atoms with Gasteiger partial charge in [-0.05, 0) is 35.6 Å². The summed E-state index contributed by atoms with van der Waals surface area (Å²) in [6.07, 6.45) is 1.67. The molecule has 12 nitrogen and oxygen atoms in total. The first-order valence-corrected chi connectivity index (χ1v) is 15.6. The van der Waals surface area contributed by atoms with Gasteiger partial charge in [0.15, 0.2) is 17.2 Å². The number of aromatic nitrogens is 2. The SMILES string of the molecule is [B]c1cccc2c1NCC21c2cc(ccc2O)C[C@H](N)C(=O)NC(C(C)C)c2nc(C(=O)NCC(=O)c3c[nH]c4c(O)cccc34)c1o2. The van der Waals surface area contributed by atoms with E-state index < -0.39 is 41.6 Å². The van der Waals surface area contributed by atoms with Crippen LogP contribution >= 0.6 is 0 Å². The number of aromatic amines is 1. The molecule has 2 aliphatic heterocycles. The van der Waals surface area contributed by atoms with Gasteiger partial charge in [-0.3, -0.25) is 14.4 Å². The number of anilines is 1. The van der Waals surface area contributed by atoms with Gasteiger partial charge in [0.2, 0.25) is 11.8 Å². The Balaban J connectivity index is 1.39. The number of hydrogen-bond donors (Lipinski definition) is 7. The van der Waals surface area contributed by atoms with E-state index in [4.69, 9.17) is 18.0 Å². The summed E-state index contributed by atoms with van der Waals surface area (Å²) in [6.45, 7) is 3.50. The number of H-pyrrole nitrogens is 1. The summed E-state index contributed by atoms with van der Waals surface area (Å²) in [5.41, 5.74) is 8.43. The summed E-state index contributed by atoms with van der Waals surface area (Å²) in [6, 6.07) is 13.5. The second kappa shape index (κ2) is 11.6. The number of rotatable bonds is 5. The van der Waals surface area contributed by atoms with E-state index in [1.54, 1.807) is 36.4 Å². The third kappa shape index (κ3) is 4.89. The Morgan fingerprint density at radius 2 is 1.92 bits per heavy atom. The third-order valence-corrected chi connectivity index (χ3v) is 9.28. The number of para-hydroxylation sites is 2. The fraction of sp³-hybridized carbons (Fsp3) is 0.257. The summed E-state index contributed by atoms with van der Waals surface area (Å²) in [5, 5.41) is 31.1. The molecule has 7 rings (SSSR count). The Labute approximate surface area is 276 Å². The normalized spacial score (nSPS) is 20.1. The van der Waals surface area contributed by atoms with E-state index in [1.165, 1.54) is 18.3 Å². The molecule has 1 spiro atoms. The van der Waals surface area contributed by atoms with Gasteiger partial charge in [0, 0.05) is 34.9 Å². The molecule has 2 aliphatic rings. The molecule has 8 N–H and O–H groups in total. The van der Waals surface area contributed by atoms with E-state index in [1.807, 2.05) is 19.9 Å². The molecule has 0 aliphatic carbocycles. The second-order valence-corrected chi connectivity index (χ2v) is 12.7. The predicted molar refractivity (Wildman–Crippen MR) is 179 cm³/mol. The van der Waals surface area contributed by atoms with E-state index in [9.17, 15) is 24.6 Å². The highest BCUT2D eigenvalue weighted by Gasteiger charge is 2.50. The van der Waals surface area contributed by atoms with Crippen LogP contribution in [0.2, 0.25) is 0 Å². The molecule has 3 atom stereocenters. The highest BCUT2D eigenvalue weighted by atomic mass is 16.4. The number of ketones is 1. The number of carbonyl (C=O) groups excluding carboxylic acids is 3. The minimum Gasteiger partial charge on any atom is -0.508 e. The van der Waals surface area contributed by atoms with E-state index in [2.05, 4.69) is 25.9 Å². The Morgan fingerprint density at radius 1 is 1.12 bits per heavy atom. The van der Waals surface area contributed by atoms with Gasteiger partial charge in [0.05, 0.1) is 18.1 Å². The molecule has 4 heterocycles. The van der Waals surface area contributed by atoms with Crippen molar-refractivity contribution < 1.29 is 29.0 Å². The molecule has 5 aromatic rings. The van der Waals surface area contributed by atoms with Crippen LogP contribution in [0, 0.1) is 5.92 Å². The number of fused-ring (bicyclic) bond motifs is 9. The first kappa shape index (κ1) is 31.1. The zero-order valence-electron chi connectivity index (χ0n) is 26.3. The number of phenolic OH excluding ortho intramolecular Hbond substituents is 2. The molecule has 48 heavy (non-hydrogen) atoms. The number of carbonyl (C=O) groups is 3. The first-order valence-electron chi connectivity index (χ1n) is 15.6. The van der Waals surface area contributed by atoms with E-state index in [-0.39, 0.29) is 47.7 Å². The average Bonchev–Trinajstić information content (AvgIpc) is 3.80. The Kier molecular flexibility index (Phi) is 7.51. The Hall–Kier alpha value is -5.56. The smallest absolute Gasteiger partial charge is 0.273 e. The molecular formula is C35H33BN6O6. The van der Waals surface area contributed by atoms with Gasteiger partial charge in [-0.25, -0.2) is 4.98 Å². The predicted octanol–water partition coefficient (Wildman–Crippen LogP) is 2.43. The van der Waals surface area contributed by atoms with Crippen LogP contribution < -0.4 is 27.1 Å². The number of hydrogen-bond acceptors (Lipinski definition) is 9. The van der Waals surface area contributed by atoms with Crippen LogP contribution in [-0.4, -0.2) is 64.8 Å². The van der Waals surface area contributed by atoms with Crippen LogP contribution in [-0.2, 0) is 16.6 Å². The molecule has 13 heteroatoms. The number of benzene rings is 3. The molecule has 3 aromatic carbocycles. The van der Waals surface area contributed by atoms with Crippen LogP contribution in [0.3, 0.4) is 0 Å². The van der Waals surface area contributed by atoms with E-state index in [0.29, 0.717) is 44.3 Å². The van der Waals surface area contributed by atoms with Gasteiger partial charge in [0.1, 0.15) is 30.8 Å². The quantitative estimate of drug-likeness (QED) is 0.111. The monoisotopic (exact) mass is 644 g/mol. The number of nitrogens with zero attached hydrogens (tertiary/aromatic N) is 1. The van der Waals surface area contributed by atoms with Crippen LogP contribution in [0.5, 0.6) is 11.5 Å². The van der Waals surface area contributed by atoms with Crippen LogP contribution in [0.4, 0.5) is 5.69 Å². The zero-order valence-corrected chi connectivity index (χ0v) is 26.3. The first-order chi connectivity index (χ1) is 23.0. The Bertz CT molecular complexity index is 2120. The van der Waals surface area contributed by atoms with E-state index >= 15 is 0 Å². The number of nitrogens with one attached hydrogen (secondary N) is 4. The molecule has 2 amide bonds. The maximum Gasteiger partial charge on any atom is 0.273 e. The minimum atomic E-state index is -1.31. The number of amides is 2. The lowest BCUT2D eigenvalue weighted by Gasteiger charge is -2.30. The van der Waals surface area contributed by atoms with Crippen molar-refractivity contribution in [2.75, 3.05) is 18.4 Å². The molecule has 2 radical (unpaired) electrons. The van der Waals surface area contributed by atoms with Crippen LogP contribution in [0.15, 0.2) is 65.2 Å². The van der Waals surface area contributed by atoms with Crippen molar-refractivity contribution >= 4 is 47.5 Å². The Morgan fingerprint density at radius 3 is 2.71 bits per heavy atom. The molecule has 0 fully saturated rings. The largest absolute Gasteiger partial charge is 0.508 e. The van der Waals surface area contributed by atoms with Crippen molar-refractivity contribution in [1.29, 1.82) is 0 Å². The van der Waals surface area contributed by atoms with Gasteiger partial charge in [-0.2, -0.15) is 0 Å². The number of aromatic hydroxyl groups is 2. The van der Waals surface area contributed by atoms with Crippen molar-refractivity contribution in [1.82, 2.24) is 20.6 Å². The maximum atomic E-state index is 14.2. The van der Waals surface area contributed by atoms with Gasteiger partial charge < -0.3 is 41.3 Å². The summed E-state index contributed by atoms with van der Waals surface area (Å²) < 4.78 is 6.57. The lowest BCUT2D eigenvalue weighted by atomic mass is 9.71. The highest BCUT2D eigenvalue weighted by molar-refractivity contribution is 6.36. The number of nitrogens with two attached hydrogens (primary N) is 1. The minimum absolute atomic E-state index is 0.00391. The fourth-order valence-electron chi connectivity index (χ4n) is 6.80. The van der Waals surface area contributed by atoms with Gasteiger partial charge >= 0.3 is 0 Å². The molecule has 242 valence electrons. The third-order valence-electron chi connectivity index (χ3n) is 9.28. The number of Topliss-reactive ketones (excluding diaryl/α,β-unsaturated/α-hetero) is 1. The number of oxazole rings is 1. The second-order valence-electron chi connectivity index (χ2n) is 12.7. The van der Waals surface area contributed by atoms with E-state index in [0.717, 1.165) is 0 Å².